The smallest absolute Gasteiger partial charge is 0.280 e. The number of nitro benzene ring substituents is 2. The molecule has 0 heterocycles. The van der Waals surface area contributed by atoms with Gasteiger partial charge in [-0.1, -0.05) is 15.9 Å². The molecule has 0 aromatic heterocycles. The second kappa shape index (κ2) is 17.8. The molecule has 2 rings (SSSR count). The molecular formula is C20H21BrCl2N2O8. The quantitative estimate of drug-likeness (QED) is 0.129. The van der Waals surface area contributed by atoms with Crippen molar-refractivity contribution in [2.45, 2.75) is 12.8 Å². The number of aromatic hydroxyl groups is 1. The van der Waals surface area contributed by atoms with Crippen LogP contribution in [0.1, 0.15) is 33.6 Å². The number of nitrogens with zero attached hydrogens (tertiary/aromatic N) is 2. The van der Waals surface area contributed by atoms with Gasteiger partial charge in [-0.25, -0.2) is 0 Å². The Hall–Kier alpha value is -2.76. The molecule has 2 aromatic rings. The monoisotopic (exact) mass is 566 g/mol. The lowest BCUT2D eigenvalue weighted by molar-refractivity contribution is -0.385. The van der Waals surface area contributed by atoms with Gasteiger partial charge in [0.2, 0.25) is 0 Å². The Morgan fingerprint density at radius 3 is 1.85 bits per heavy atom. The molecule has 10 nitrogen and oxygen atoms in total. The maximum Gasteiger partial charge on any atom is 0.280 e. The van der Waals surface area contributed by atoms with Crippen LogP contribution in [0, 0.1) is 20.2 Å². The molecule has 0 unspecified atom stereocenters. The second-order valence-electron chi connectivity index (χ2n) is 5.84. The van der Waals surface area contributed by atoms with E-state index in [-0.39, 0.29) is 28.3 Å². The van der Waals surface area contributed by atoms with Gasteiger partial charge in [-0.2, -0.15) is 0 Å². The Morgan fingerprint density at radius 2 is 1.42 bits per heavy atom. The van der Waals surface area contributed by atoms with Crippen molar-refractivity contribution in [3.8, 4) is 11.5 Å². The van der Waals surface area contributed by atoms with Crippen molar-refractivity contribution < 1.29 is 29.3 Å². The summed E-state index contributed by atoms with van der Waals surface area (Å²) >= 11 is 14.0. The normalized spacial score (nSPS) is 9.42. The average Bonchev–Trinajstić information content (AvgIpc) is 2.80. The molecule has 0 aliphatic heterocycles. The van der Waals surface area contributed by atoms with Crippen LogP contribution in [-0.4, -0.2) is 51.2 Å². The van der Waals surface area contributed by atoms with Crippen LogP contribution in [0.2, 0.25) is 0 Å². The van der Waals surface area contributed by atoms with E-state index in [1.54, 1.807) is 0 Å². The standard InChI is InChI=1S/C10H10ClNO4.C7H5NO4.C3H6BrCl/c11-4-1-5-16-9-2-3-10(12(14)15)8(6-9)7-13;9-4-5-3-6(10)1-2-7(5)8(11)12;4-2-1-3-5/h2-3,6-7H,1,4-5H2;1-4,10H;1-3H2. The zero-order valence-electron chi connectivity index (χ0n) is 17.2. The summed E-state index contributed by atoms with van der Waals surface area (Å²) < 4.78 is 5.26. The van der Waals surface area contributed by atoms with Crippen LogP contribution in [0.4, 0.5) is 11.4 Å². The lowest BCUT2D eigenvalue weighted by Gasteiger charge is -2.05. The molecule has 0 saturated heterocycles. The number of ether oxygens (including phenoxy) is 1. The zero-order chi connectivity index (χ0) is 25.2. The Morgan fingerprint density at radius 1 is 0.909 bits per heavy atom. The van der Waals surface area contributed by atoms with E-state index in [2.05, 4.69) is 15.9 Å². The van der Waals surface area contributed by atoms with Crippen LogP contribution in [0.5, 0.6) is 11.5 Å². The Bertz CT molecular complexity index is 929. The number of alkyl halides is 3. The van der Waals surface area contributed by atoms with Crippen LogP contribution < -0.4 is 4.74 Å². The first kappa shape index (κ1) is 30.2. The molecule has 0 bridgehead atoms. The number of halogens is 3. The molecule has 180 valence electrons. The van der Waals surface area contributed by atoms with E-state index < -0.39 is 9.85 Å². The number of phenolic OH excluding ortho intramolecular Hbond substituents is 1. The summed E-state index contributed by atoms with van der Waals surface area (Å²) in [6.45, 7) is 0.416. The third-order valence-electron chi connectivity index (χ3n) is 3.47. The first-order valence-electron chi connectivity index (χ1n) is 9.22. The zero-order valence-corrected chi connectivity index (χ0v) is 20.3. The van der Waals surface area contributed by atoms with Gasteiger partial charge in [0.1, 0.15) is 11.5 Å². The largest absolute Gasteiger partial charge is 0.508 e. The minimum Gasteiger partial charge on any atom is -0.508 e. The molecule has 0 fully saturated rings. The third-order valence-corrected chi connectivity index (χ3v) is 4.57. The first-order chi connectivity index (χ1) is 15.7. The van der Waals surface area contributed by atoms with E-state index in [1.165, 1.54) is 18.2 Å². The van der Waals surface area contributed by atoms with Gasteiger partial charge in [-0.3, -0.25) is 29.8 Å². The molecule has 1 N–H and O–H groups in total. The fourth-order valence-electron chi connectivity index (χ4n) is 1.98. The molecule has 2 aromatic carbocycles. The van der Waals surface area contributed by atoms with E-state index in [9.17, 15) is 29.8 Å². The highest BCUT2D eigenvalue weighted by molar-refractivity contribution is 9.09. The highest BCUT2D eigenvalue weighted by Gasteiger charge is 2.14. The Labute approximate surface area is 207 Å². The third kappa shape index (κ3) is 12.2. The number of benzene rings is 2. The van der Waals surface area contributed by atoms with Gasteiger partial charge in [0.25, 0.3) is 11.4 Å². The predicted octanol–water partition coefficient (Wildman–Crippen LogP) is 5.54. The molecule has 33 heavy (non-hydrogen) atoms. The van der Waals surface area contributed by atoms with Crippen molar-refractivity contribution in [3.05, 3.63) is 67.8 Å². The van der Waals surface area contributed by atoms with Gasteiger partial charge in [0, 0.05) is 29.2 Å². The topological polar surface area (TPSA) is 150 Å². The van der Waals surface area contributed by atoms with Crippen molar-refractivity contribution >= 4 is 63.1 Å². The van der Waals surface area contributed by atoms with Crippen LogP contribution in [-0.2, 0) is 0 Å². The molecule has 13 heteroatoms. The summed E-state index contributed by atoms with van der Waals surface area (Å²) in [6, 6.07) is 7.34. The molecule has 0 saturated carbocycles. The van der Waals surface area contributed by atoms with Crippen molar-refractivity contribution in [2.24, 2.45) is 0 Å². The van der Waals surface area contributed by atoms with Gasteiger partial charge in [0.05, 0.1) is 27.6 Å². The molecule has 0 aliphatic rings. The number of carbonyl (C=O) groups is 2. The van der Waals surface area contributed by atoms with Gasteiger partial charge < -0.3 is 9.84 Å². The van der Waals surface area contributed by atoms with Gasteiger partial charge in [0.15, 0.2) is 12.6 Å². The Kier molecular flexibility index (Phi) is 16.3. The SMILES string of the molecule is ClCCCBr.O=Cc1cc(O)ccc1[N+](=O)[O-].O=Cc1cc(OCCCCl)ccc1[N+](=O)[O-]. The number of phenols is 1. The van der Waals surface area contributed by atoms with Gasteiger partial charge >= 0.3 is 0 Å². The lowest BCUT2D eigenvalue weighted by Crippen LogP contribution is -2.00. The van der Waals surface area contributed by atoms with Crippen LogP contribution in [0.3, 0.4) is 0 Å². The van der Waals surface area contributed by atoms with Crippen molar-refractivity contribution in [1.29, 1.82) is 0 Å². The van der Waals surface area contributed by atoms with E-state index in [0.29, 0.717) is 37.2 Å². The van der Waals surface area contributed by atoms with Crippen molar-refractivity contribution in [1.82, 2.24) is 0 Å². The van der Waals surface area contributed by atoms with E-state index in [4.69, 9.17) is 33.0 Å². The molecule has 0 atom stereocenters. The Balaban J connectivity index is 0.000000530. The van der Waals surface area contributed by atoms with Crippen LogP contribution in [0.15, 0.2) is 36.4 Å². The summed E-state index contributed by atoms with van der Waals surface area (Å²) in [5.41, 5.74) is -0.643. The summed E-state index contributed by atoms with van der Waals surface area (Å²) in [5.74, 6) is 1.51. The lowest BCUT2D eigenvalue weighted by atomic mass is 10.2. The number of hydrogen-bond acceptors (Lipinski definition) is 8. The van der Waals surface area contributed by atoms with Gasteiger partial charge in [-0.05, 0) is 37.1 Å². The second-order valence-corrected chi connectivity index (χ2v) is 7.39. The number of hydrogen-bond donors (Lipinski definition) is 1. The van der Waals surface area contributed by atoms with E-state index in [0.717, 1.165) is 35.8 Å². The molecule has 0 aliphatic carbocycles. The summed E-state index contributed by atoms with van der Waals surface area (Å²) in [4.78, 5) is 40.4. The van der Waals surface area contributed by atoms with E-state index in [1.807, 2.05) is 0 Å². The number of aldehydes is 2. The van der Waals surface area contributed by atoms with E-state index >= 15 is 0 Å². The summed E-state index contributed by atoms with van der Waals surface area (Å²) in [6.07, 6.45) is 2.51. The first-order valence-corrected chi connectivity index (χ1v) is 11.4. The maximum atomic E-state index is 10.6. The molecule has 0 radical (unpaired) electrons. The molecule has 0 spiro atoms. The maximum absolute atomic E-state index is 10.6. The minimum absolute atomic E-state index is 0.00775. The number of carbonyl (C=O) groups excluding carboxylic acids is 2. The predicted molar refractivity (Wildman–Crippen MR) is 129 cm³/mol. The number of nitro groups is 2. The summed E-state index contributed by atoms with van der Waals surface area (Å²) in [5, 5.41) is 30.7. The fraction of sp³-hybridized carbons (Fsp3) is 0.300. The highest BCUT2D eigenvalue weighted by Crippen LogP contribution is 2.23. The number of rotatable bonds is 10. The molecule has 0 amide bonds. The average molecular weight is 568 g/mol. The van der Waals surface area contributed by atoms with Crippen LogP contribution >= 0.6 is 39.1 Å². The fourth-order valence-corrected chi connectivity index (χ4v) is 2.83. The summed E-state index contributed by atoms with van der Waals surface area (Å²) in [7, 11) is 0. The van der Waals surface area contributed by atoms with Gasteiger partial charge in [-0.15, -0.1) is 23.2 Å². The van der Waals surface area contributed by atoms with Crippen molar-refractivity contribution in [3.63, 3.8) is 0 Å². The minimum atomic E-state index is -0.677. The van der Waals surface area contributed by atoms with Crippen LogP contribution in [0.25, 0.3) is 0 Å². The highest BCUT2D eigenvalue weighted by atomic mass is 79.9. The molecular weight excluding hydrogens is 547 g/mol. The van der Waals surface area contributed by atoms with Crippen molar-refractivity contribution in [2.75, 3.05) is 23.7 Å².